The number of rotatable bonds is 6. The molecule has 19 heavy (non-hydrogen) atoms. The molecule has 0 amide bonds. The zero-order chi connectivity index (χ0) is 14.6. The van der Waals surface area contributed by atoms with Crippen LogP contribution in [-0.4, -0.2) is 36.1 Å². The summed E-state index contributed by atoms with van der Waals surface area (Å²) in [5.41, 5.74) is -1.79. The molecule has 1 rings (SSSR count). The molecule has 0 spiro atoms. The van der Waals surface area contributed by atoms with Gasteiger partial charge in [-0.15, -0.1) is 0 Å². The molecule has 0 saturated heterocycles. The topological polar surface area (TPSA) is 132 Å². The first-order chi connectivity index (χ1) is 8.76. The van der Waals surface area contributed by atoms with E-state index in [1.54, 1.807) is 0 Å². The van der Waals surface area contributed by atoms with E-state index in [2.05, 4.69) is 9.71 Å². The molecule has 0 saturated carbocycles. The van der Waals surface area contributed by atoms with Crippen molar-refractivity contribution in [1.29, 1.82) is 0 Å². The third-order valence-electron chi connectivity index (χ3n) is 2.37. The summed E-state index contributed by atoms with van der Waals surface area (Å²) in [4.78, 5) is 25.6. The second kappa shape index (κ2) is 6.13. The molecule has 0 aliphatic rings. The predicted octanol–water partition coefficient (Wildman–Crippen LogP) is -1.25. The number of H-pyrrole nitrogens is 2. The van der Waals surface area contributed by atoms with E-state index < -0.39 is 32.2 Å². The van der Waals surface area contributed by atoms with Gasteiger partial charge in [0.2, 0.25) is 10.0 Å². The van der Waals surface area contributed by atoms with Gasteiger partial charge in [0.15, 0.2) is 4.90 Å². The van der Waals surface area contributed by atoms with Crippen molar-refractivity contribution in [2.45, 2.75) is 31.2 Å². The first-order valence-corrected chi connectivity index (χ1v) is 7.19. The number of aromatic nitrogens is 2. The zero-order valence-electron chi connectivity index (χ0n) is 10.6. The van der Waals surface area contributed by atoms with Gasteiger partial charge in [-0.1, -0.05) is 13.8 Å². The van der Waals surface area contributed by atoms with Gasteiger partial charge >= 0.3 is 5.69 Å². The maximum absolute atomic E-state index is 12.0. The Morgan fingerprint density at radius 1 is 1.37 bits per heavy atom. The van der Waals surface area contributed by atoms with E-state index >= 15 is 0 Å². The van der Waals surface area contributed by atoms with Crippen molar-refractivity contribution in [2.24, 2.45) is 5.92 Å². The quantitative estimate of drug-likeness (QED) is 0.520. The van der Waals surface area contributed by atoms with Crippen molar-refractivity contribution in [3.8, 4) is 0 Å². The zero-order valence-corrected chi connectivity index (χ0v) is 11.5. The molecule has 1 aromatic rings. The van der Waals surface area contributed by atoms with Crippen LogP contribution in [0, 0.1) is 5.92 Å². The molecular weight excluding hydrogens is 274 g/mol. The summed E-state index contributed by atoms with van der Waals surface area (Å²) in [6.07, 6.45) is 1.25. The van der Waals surface area contributed by atoms with Gasteiger partial charge in [-0.2, -0.15) is 0 Å². The molecule has 0 radical (unpaired) electrons. The van der Waals surface area contributed by atoms with Crippen LogP contribution < -0.4 is 16.0 Å². The van der Waals surface area contributed by atoms with Crippen molar-refractivity contribution in [1.82, 2.24) is 14.7 Å². The number of aliphatic hydroxyl groups excluding tert-OH is 1. The lowest BCUT2D eigenvalue weighted by Gasteiger charge is -2.17. The molecule has 1 aromatic heterocycles. The summed E-state index contributed by atoms with van der Waals surface area (Å²) >= 11 is 0. The van der Waals surface area contributed by atoms with Gasteiger partial charge in [-0.3, -0.25) is 9.78 Å². The number of aliphatic hydroxyl groups is 1. The van der Waals surface area contributed by atoms with E-state index in [4.69, 9.17) is 5.11 Å². The van der Waals surface area contributed by atoms with E-state index in [1.165, 1.54) is 0 Å². The molecule has 0 aliphatic heterocycles. The average Bonchev–Trinajstić information content (AvgIpc) is 2.26. The van der Waals surface area contributed by atoms with Crippen LogP contribution in [0.3, 0.4) is 0 Å². The van der Waals surface area contributed by atoms with Crippen LogP contribution in [0.2, 0.25) is 0 Å². The van der Waals surface area contributed by atoms with E-state index in [0.29, 0.717) is 6.42 Å². The third kappa shape index (κ3) is 4.30. The van der Waals surface area contributed by atoms with Crippen LogP contribution in [0.25, 0.3) is 0 Å². The van der Waals surface area contributed by atoms with E-state index in [-0.39, 0.29) is 12.5 Å². The van der Waals surface area contributed by atoms with Gasteiger partial charge < -0.3 is 10.1 Å². The van der Waals surface area contributed by atoms with Gasteiger partial charge in [0, 0.05) is 12.2 Å². The molecule has 8 nitrogen and oxygen atoms in total. The normalized spacial score (nSPS) is 13.7. The minimum Gasteiger partial charge on any atom is -0.395 e. The maximum Gasteiger partial charge on any atom is 0.325 e. The fourth-order valence-corrected chi connectivity index (χ4v) is 2.85. The second-order valence-electron chi connectivity index (χ2n) is 4.57. The fourth-order valence-electron chi connectivity index (χ4n) is 1.61. The van der Waals surface area contributed by atoms with Crippen molar-refractivity contribution in [3.05, 3.63) is 27.0 Å². The highest BCUT2D eigenvalue weighted by Gasteiger charge is 2.23. The summed E-state index contributed by atoms with van der Waals surface area (Å²) in [6.45, 7) is 3.38. The Balaban J connectivity index is 3.04. The molecule has 1 atom stereocenters. The van der Waals surface area contributed by atoms with Crippen molar-refractivity contribution in [3.63, 3.8) is 0 Å². The van der Waals surface area contributed by atoms with Crippen molar-refractivity contribution >= 4 is 10.0 Å². The largest absolute Gasteiger partial charge is 0.395 e. The van der Waals surface area contributed by atoms with Crippen molar-refractivity contribution < 1.29 is 13.5 Å². The Hall–Kier alpha value is -1.45. The van der Waals surface area contributed by atoms with Crippen LogP contribution in [0.5, 0.6) is 0 Å². The predicted molar refractivity (Wildman–Crippen MR) is 68.3 cm³/mol. The molecule has 1 unspecified atom stereocenters. The first kappa shape index (κ1) is 15.6. The minimum atomic E-state index is -4.09. The molecule has 0 aromatic carbocycles. The van der Waals surface area contributed by atoms with Crippen LogP contribution in [-0.2, 0) is 10.0 Å². The SMILES string of the molecule is CC(C)CC(CO)NS(=O)(=O)c1c[nH]c(=O)[nH]c1=O. The summed E-state index contributed by atoms with van der Waals surface area (Å²) < 4.78 is 26.1. The fraction of sp³-hybridized carbons (Fsp3) is 0.600. The summed E-state index contributed by atoms with van der Waals surface area (Å²) in [5, 5.41) is 9.13. The highest BCUT2D eigenvalue weighted by molar-refractivity contribution is 7.89. The minimum absolute atomic E-state index is 0.175. The first-order valence-electron chi connectivity index (χ1n) is 5.71. The van der Waals surface area contributed by atoms with E-state index in [9.17, 15) is 18.0 Å². The van der Waals surface area contributed by atoms with E-state index in [0.717, 1.165) is 6.20 Å². The van der Waals surface area contributed by atoms with E-state index in [1.807, 2.05) is 18.8 Å². The molecule has 108 valence electrons. The number of hydrogen-bond acceptors (Lipinski definition) is 5. The van der Waals surface area contributed by atoms with Gasteiger partial charge in [0.1, 0.15) is 0 Å². The lowest BCUT2D eigenvalue weighted by atomic mass is 10.1. The molecule has 1 heterocycles. The Morgan fingerprint density at radius 2 is 2.00 bits per heavy atom. The molecule has 0 bridgehead atoms. The third-order valence-corrected chi connectivity index (χ3v) is 3.90. The number of aromatic amines is 2. The highest BCUT2D eigenvalue weighted by Crippen LogP contribution is 2.07. The molecule has 0 fully saturated rings. The second-order valence-corrected chi connectivity index (χ2v) is 6.25. The maximum atomic E-state index is 12.0. The summed E-state index contributed by atoms with van der Waals surface area (Å²) in [5.74, 6) is 0.175. The lowest BCUT2D eigenvalue weighted by molar-refractivity contribution is 0.240. The van der Waals surface area contributed by atoms with Gasteiger partial charge in [0.25, 0.3) is 5.56 Å². The summed E-state index contributed by atoms with van der Waals surface area (Å²) in [7, 11) is -4.09. The Labute approximate surface area is 109 Å². The van der Waals surface area contributed by atoms with Gasteiger partial charge in [-0.05, 0) is 12.3 Å². The standard InChI is InChI=1S/C10H17N3O5S/c1-6(2)3-7(5-14)13-19(17,18)8-4-11-10(16)12-9(8)15/h4,6-7,13-14H,3,5H2,1-2H3,(H2,11,12,15,16). The van der Waals surface area contributed by atoms with Crippen LogP contribution in [0.4, 0.5) is 0 Å². The average molecular weight is 291 g/mol. The Kier molecular flexibility index (Phi) is 5.04. The summed E-state index contributed by atoms with van der Waals surface area (Å²) in [6, 6.07) is -0.684. The van der Waals surface area contributed by atoms with Gasteiger partial charge in [-0.25, -0.2) is 17.9 Å². The number of nitrogens with one attached hydrogen (secondary N) is 3. The van der Waals surface area contributed by atoms with Gasteiger partial charge in [0.05, 0.1) is 6.61 Å². The Morgan fingerprint density at radius 3 is 2.47 bits per heavy atom. The smallest absolute Gasteiger partial charge is 0.325 e. The lowest BCUT2D eigenvalue weighted by Crippen LogP contribution is -2.41. The monoisotopic (exact) mass is 291 g/mol. The molecule has 4 N–H and O–H groups in total. The highest BCUT2D eigenvalue weighted by atomic mass is 32.2. The number of hydrogen-bond donors (Lipinski definition) is 4. The van der Waals surface area contributed by atoms with Crippen LogP contribution >= 0.6 is 0 Å². The molecule has 9 heteroatoms. The Bertz CT molecular complexity index is 631. The number of sulfonamides is 1. The van der Waals surface area contributed by atoms with Crippen molar-refractivity contribution in [2.75, 3.05) is 6.61 Å². The van der Waals surface area contributed by atoms with Crippen LogP contribution in [0.15, 0.2) is 20.7 Å². The van der Waals surface area contributed by atoms with Crippen LogP contribution in [0.1, 0.15) is 20.3 Å². The molecule has 0 aliphatic carbocycles. The molecular formula is C10H17N3O5S.